The Morgan fingerprint density at radius 3 is 2.21 bits per heavy atom. The van der Waals surface area contributed by atoms with Gasteiger partial charge in [0, 0.05) is 43.4 Å². The molecule has 176 valence electrons. The van der Waals surface area contributed by atoms with Crippen molar-refractivity contribution in [2.45, 2.75) is 46.3 Å². The first-order valence-electron chi connectivity index (χ1n) is 10.5. The first kappa shape index (κ1) is 25.4. The third-order valence-corrected chi connectivity index (χ3v) is 4.13. The van der Waals surface area contributed by atoms with Crippen LogP contribution in [-0.4, -0.2) is 36.0 Å². The van der Waals surface area contributed by atoms with E-state index in [0.717, 1.165) is 5.56 Å². The topological polar surface area (TPSA) is 126 Å². The van der Waals surface area contributed by atoms with Crippen molar-refractivity contribution in [1.29, 1.82) is 0 Å². The number of ether oxygens (including phenoxy) is 1. The van der Waals surface area contributed by atoms with Gasteiger partial charge < -0.3 is 26.0 Å². The molecule has 9 heteroatoms. The Kier molecular flexibility index (Phi) is 8.97. The fraction of sp³-hybridized carbons (Fsp3) is 0.333. The van der Waals surface area contributed by atoms with E-state index in [4.69, 9.17) is 4.74 Å². The molecule has 4 N–H and O–H groups in total. The van der Waals surface area contributed by atoms with Crippen molar-refractivity contribution in [2.75, 3.05) is 17.2 Å². The molecule has 2 aromatic carbocycles. The van der Waals surface area contributed by atoms with E-state index in [1.165, 1.54) is 6.92 Å². The minimum atomic E-state index is -0.601. The molecule has 0 spiro atoms. The van der Waals surface area contributed by atoms with Gasteiger partial charge in [-0.15, -0.1) is 0 Å². The third kappa shape index (κ3) is 9.86. The van der Waals surface area contributed by atoms with E-state index in [-0.39, 0.29) is 37.2 Å². The lowest BCUT2D eigenvalue weighted by molar-refractivity contribution is -0.116. The molecule has 0 saturated carbocycles. The van der Waals surface area contributed by atoms with Crippen LogP contribution in [0.1, 0.15) is 50.0 Å². The lowest BCUT2D eigenvalue weighted by Crippen LogP contribution is -2.34. The predicted octanol–water partition coefficient (Wildman–Crippen LogP) is 3.43. The molecule has 4 amide bonds. The number of benzene rings is 2. The molecule has 0 aliphatic heterocycles. The highest BCUT2D eigenvalue weighted by Gasteiger charge is 2.16. The Hall–Kier alpha value is -3.88. The van der Waals surface area contributed by atoms with Crippen LogP contribution in [0.15, 0.2) is 48.5 Å². The minimum Gasteiger partial charge on any atom is -0.444 e. The first-order chi connectivity index (χ1) is 15.5. The van der Waals surface area contributed by atoms with Gasteiger partial charge in [0.2, 0.25) is 11.8 Å². The van der Waals surface area contributed by atoms with Crippen LogP contribution in [0, 0.1) is 0 Å². The maximum absolute atomic E-state index is 12.4. The van der Waals surface area contributed by atoms with Crippen molar-refractivity contribution in [1.82, 2.24) is 10.6 Å². The van der Waals surface area contributed by atoms with Gasteiger partial charge in [-0.05, 0) is 56.7 Å². The van der Waals surface area contributed by atoms with Crippen molar-refractivity contribution in [3.8, 4) is 0 Å². The molecule has 0 radical (unpaired) electrons. The Morgan fingerprint density at radius 1 is 0.879 bits per heavy atom. The highest BCUT2D eigenvalue weighted by atomic mass is 16.6. The molecular weight excluding hydrogens is 424 g/mol. The smallest absolute Gasteiger partial charge is 0.407 e. The number of nitrogens with one attached hydrogen (secondary N) is 4. The van der Waals surface area contributed by atoms with Crippen LogP contribution in [0.3, 0.4) is 0 Å². The molecule has 0 saturated heterocycles. The lowest BCUT2D eigenvalue weighted by Gasteiger charge is -2.19. The number of carbonyl (C=O) groups is 4. The highest BCUT2D eigenvalue weighted by Crippen LogP contribution is 2.13. The molecule has 2 aromatic rings. The molecular formula is C24H30N4O5. The summed E-state index contributed by atoms with van der Waals surface area (Å²) in [5, 5.41) is 10.8. The number of carbonyl (C=O) groups excluding carboxylic acids is 4. The number of hydrogen-bond acceptors (Lipinski definition) is 5. The standard InChI is InChI=1S/C24H30N4O5/c1-16(29)27-20-10-6-8-18(14-20)22(31)26-15-17-7-5-9-19(13-17)28-21(30)11-12-25-23(32)33-24(2,3)4/h5-10,13-14H,11-12,15H2,1-4H3,(H,25,32)(H,26,31)(H,27,29)(H,28,30). The van der Waals surface area contributed by atoms with Crippen LogP contribution in [0.2, 0.25) is 0 Å². The van der Waals surface area contributed by atoms with E-state index in [2.05, 4.69) is 21.3 Å². The molecule has 9 nitrogen and oxygen atoms in total. The predicted molar refractivity (Wildman–Crippen MR) is 126 cm³/mol. The van der Waals surface area contributed by atoms with E-state index in [9.17, 15) is 19.2 Å². The average molecular weight is 455 g/mol. The summed E-state index contributed by atoms with van der Waals surface area (Å²) >= 11 is 0. The zero-order chi connectivity index (χ0) is 24.4. The van der Waals surface area contributed by atoms with Gasteiger partial charge in [-0.3, -0.25) is 14.4 Å². The fourth-order valence-electron chi connectivity index (χ4n) is 2.80. The summed E-state index contributed by atoms with van der Waals surface area (Å²) in [7, 11) is 0. The van der Waals surface area contributed by atoms with Crippen molar-refractivity contribution in [3.05, 3.63) is 59.7 Å². The van der Waals surface area contributed by atoms with Crippen LogP contribution >= 0.6 is 0 Å². The van der Waals surface area contributed by atoms with Crippen LogP contribution < -0.4 is 21.3 Å². The van der Waals surface area contributed by atoms with Crippen molar-refractivity contribution >= 4 is 35.2 Å². The van der Waals surface area contributed by atoms with Gasteiger partial charge in [0.25, 0.3) is 5.91 Å². The molecule has 0 bridgehead atoms. The normalized spacial score (nSPS) is 10.7. The van der Waals surface area contributed by atoms with Gasteiger partial charge in [-0.2, -0.15) is 0 Å². The largest absolute Gasteiger partial charge is 0.444 e. The molecule has 2 rings (SSSR count). The summed E-state index contributed by atoms with van der Waals surface area (Å²) in [4.78, 5) is 47.4. The number of anilines is 2. The van der Waals surface area contributed by atoms with E-state index in [0.29, 0.717) is 16.9 Å². The van der Waals surface area contributed by atoms with Gasteiger partial charge in [-0.1, -0.05) is 18.2 Å². The van der Waals surface area contributed by atoms with Gasteiger partial charge in [0.15, 0.2) is 0 Å². The molecule has 0 aliphatic rings. The van der Waals surface area contributed by atoms with Crippen molar-refractivity contribution in [2.24, 2.45) is 0 Å². The van der Waals surface area contributed by atoms with Gasteiger partial charge in [0.1, 0.15) is 5.60 Å². The molecule has 0 aliphatic carbocycles. The Labute approximate surface area is 193 Å². The summed E-state index contributed by atoms with van der Waals surface area (Å²) in [5.41, 5.74) is 1.74. The molecule has 0 aromatic heterocycles. The summed E-state index contributed by atoms with van der Waals surface area (Å²) in [5.74, 6) is -0.765. The van der Waals surface area contributed by atoms with Crippen LogP contribution in [0.25, 0.3) is 0 Å². The van der Waals surface area contributed by atoms with E-state index >= 15 is 0 Å². The van der Waals surface area contributed by atoms with Crippen LogP contribution in [0.4, 0.5) is 16.2 Å². The summed E-state index contributed by atoms with van der Waals surface area (Å²) in [6.45, 7) is 7.09. The third-order valence-electron chi connectivity index (χ3n) is 4.13. The Balaban J connectivity index is 1.83. The maximum Gasteiger partial charge on any atom is 0.407 e. The zero-order valence-corrected chi connectivity index (χ0v) is 19.3. The van der Waals surface area contributed by atoms with E-state index < -0.39 is 11.7 Å². The summed E-state index contributed by atoms with van der Waals surface area (Å²) in [6.07, 6.45) is -0.485. The number of alkyl carbamates (subject to hydrolysis) is 1. The van der Waals surface area contributed by atoms with Crippen molar-refractivity contribution in [3.63, 3.8) is 0 Å². The molecule has 0 heterocycles. The Bertz CT molecular complexity index is 1010. The minimum absolute atomic E-state index is 0.0881. The molecule has 0 atom stereocenters. The van der Waals surface area contributed by atoms with E-state index in [1.807, 2.05) is 6.07 Å². The monoisotopic (exact) mass is 454 g/mol. The van der Waals surface area contributed by atoms with Gasteiger partial charge in [0.05, 0.1) is 0 Å². The SMILES string of the molecule is CC(=O)Nc1cccc(C(=O)NCc2cccc(NC(=O)CCNC(=O)OC(C)(C)C)c2)c1. The Morgan fingerprint density at radius 2 is 1.55 bits per heavy atom. The zero-order valence-electron chi connectivity index (χ0n) is 19.3. The number of amides is 4. The van der Waals surface area contributed by atoms with Gasteiger partial charge in [-0.25, -0.2) is 4.79 Å². The first-order valence-corrected chi connectivity index (χ1v) is 10.5. The number of hydrogen-bond donors (Lipinski definition) is 4. The summed E-state index contributed by atoms with van der Waals surface area (Å²) in [6, 6.07) is 13.7. The quantitative estimate of drug-likeness (QED) is 0.486. The van der Waals surface area contributed by atoms with Gasteiger partial charge >= 0.3 is 6.09 Å². The molecule has 0 unspecified atom stereocenters. The van der Waals surface area contributed by atoms with Crippen LogP contribution in [-0.2, 0) is 20.9 Å². The second-order valence-electron chi connectivity index (χ2n) is 8.37. The maximum atomic E-state index is 12.4. The van der Waals surface area contributed by atoms with Crippen molar-refractivity contribution < 1.29 is 23.9 Å². The second kappa shape index (κ2) is 11.7. The highest BCUT2D eigenvalue weighted by molar-refractivity contribution is 5.96. The average Bonchev–Trinajstić information content (AvgIpc) is 2.70. The molecule has 33 heavy (non-hydrogen) atoms. The van der Waals surface area contributed by atoms with Crippen LogP contribution in [0.5, 0.6) is 0 Å². The number of rotatable bonds is 8. The fourth-order valence-corrected chi connectivity index (χ4v) is 2.80. The second-order valence-corrected chi connectivity index (χ2v) is 8.37. The molecule has 0 fully saturated rings. The lowest BCUT2D eigenvalue weighted by atomic mass is 10.1. The van der Waals surface area contributed by atoms with E-state index in [1.54, 1.807) is 63.2 Å². The summed E-state index contributed by atoms with van der Waals surface area (Å²) < 4.78 is 5.12.